The molecule has 1 saturated carbocycles. The molecule has 0 bridgehead atoms. The molecule has 0 N–H and O–H groups in total. The van der Waals surface area contributed by atoms with Crippen LogP contribution in [0.5, 0.6) is 0 Å². The van der Waals surface area contributed by atoms with Crippen LogP contribution < -0.4 is 0 Å². The standard InChI is InChI=1S/C24H31Cl2N/c1-24(2,3)20-9-11-23(12-10-20)27(16-18-7-5-4-6-8-18)17-19-13-21(25)15-22(26)14-19/h4-8,13-15,20,23H,9-12,16-17H2,1-3H3. The fraction of sp³-hybridized carbons (Fsp3) is 0.500. The molecule has 0 unspecified atom stereocenters. The van der Waals surface area contributed by atoms with Crippen LogP contribution in [0.15, 0.2) is 48.5 Å². The van der Waals surface area contributed by atoms with Crippen molar-refractivity contribution >= 4 is 23.2 Å². The van der Waals surface area contributed by atoms with Crippen LogP contribution in [0.3, 0.4) is 0 Å². The van der Waals surface area contributed by atoms with Gasteiger partial charge in [0.15, 0.2) is 0 Å². The van der Waals surface area contributed by atoms with Crippen molar-refractivity contribution in [3.8, 4) is 0 Å². The van der Waals surface area contributed by atoms with Crippen molar-refractivity contribution in [2.75, 3.05) is 0 Å². The molecule has 1 fully saturated rings. The molecule has 27 heavy (non-hydrogen) atoms. The first kappa shape index (κ1) is 20.7. The molecule has 0 atom stereocenters. The largest absolute Gasteiger partial charge is 0.292 e. The Morgan fingerprint density at radius 2 is 1.37 bits per heavy atom. The Morgan fingerprint density at radius 1 is 0.815 bits per heavy atom. The molecule has 0 aliphatic heterocycles. The molecular weight excluding hydrogens is 373 g/mol. The molecule has 1 aliphatic rings. The van der Waals surface area contributed by atoms with E-state index in [0.29, 0.717) is 21.5 Å². The molecule has 3 rings (SSSR count). The normalized spacial score (nSPS) is 20.8. The van der Waals surface area contributed by atoms with E-state index in [-0.39, 0.29) is 0 Å². The minimum atomic E-state index is 0.412. The minimum Gasteiger partial charge on any atom is -0.292 e. The second kappa shape index (κ2) is 8.99. The van der Waals surface area contributed by atoms with Crippen LogP contribution in [0, 0.1) is 11.3 Å². The molecular formula is C24H31Cl2N. The molecule has 0 saturated heterocycles. The summed E-state index contributed by atoms with van der Waals surface area (Å²) < 4.78 is 0. The first-order chi connectivity index (χ1) is 12.8. The third-order valence-electron chi connectivity index (χ3n) is 5.97. The maximum Gasteiger partial charge on any atom is 0.0424 e. The Morgan fingerprint density at radius 3 is 1.93 bits per heavy atom. The van der Waals surface area contributed by atoms with Crippen molar-refractivity contribution in [1.29, 1.82) is 0 Å². The molecule has 2 aromatic rings. The first-order valence-electron chi connectivity index (χ1n) is 10.0. The molecule has 0 aromatic heterocycles. The number of benzene rings is 2. The quantitative estimate of drug-likeness (QED) is 0.496. The zero-order chi connectivity index (χ0) is 19.4. The molecule has 2 aromatic carbocycles. The van der Waals surface area contributed by atoms with Gasteiger partial charge in [0, 0.05) is 29.2 Å². The van der Waals surface area contributed by atoms with Gasteiger partial charge in [-0.1, -0.05) is 74.3 Å². The van der Waals surface area contributed by atoms with E-state index in [1.54, 1.807) is 0 Å². The van der Waals surface area contributed by atoms with Gasteiger partial charge in [0.2, 0.25) is 0 Å². The summed E-state index contributed by atoms with van der Waals surface area (Å²) in [6.45, 7) is 9.00. The summed E-state index contributed by atoms with van der Waals surface area (Å²) >= 11 is 12.5. The fourth-order valence-corrected chi connectivity index (χ4v) is 4.95. The zero-order valence-corrected chi connectivity index (χ0v) is 18.2. The molecule has 0 spiro atoms. The Balaban J connectivity index is 1.76. The van der Waals surface area contributed by atoms with Crippen LogP contribution in [0.2, 0.25) is 10.0 Å². The van der Waals surface area contributed by atoms with E-state index >= 15 is 0 Å². The summed E-state index contributed by atoms with van der Waals surface area (Å²) in [5.74, 6) is 0.827. The highest BCUT2D eigenvalue weighted by Gasteiger charge is 2.32. The van der Waals surface area contributed by atoms with Crippen molar-refractivity contribution in [3.63, 3.8) is 0 Å². The van der Waals surface area contributed by atoms with E-state index < -0.39 is 0 Å². The highest BCUT2D eigenvalue weighted by atomic mass is 35.5. The fourth-order valence-electron chi connectivity index (χ4n) is 4.38. The van der Waals surface area contributed by atoms with E-state index in [4.69, 9.17) is 23.2 Å². The van der Waals surface area contributed by atoms with Crippen molar-refractivity contribution in [2.45, 2.75) is 65.6 Å². The predicted octanol–water partition coefficient (Wildman–Crippen LogP) is 7.60. The summed E-state index contributed by atoms with van der Waals surface area (Å²) in [6, 6.07) is 17.3. The van der Waals surface area contributed by atoms with Gasteiger partial charge in [-0.25, -0.2) is 0 Å². The van der Waals surface area contributed by atoms with E-state index in [2.05, 4.69) is 56.0 Å². The Labute approximate surface area is 174 Å². The van der Waals surface area contributed by atoms with Crippen LogP contribution in [-0.4, -0.2) is 10.9 Å². The van der Waals surface area contributed by atoms with Gasteiger partial charge in [-0.2, -0.15) is 0 Å². The molecule has 0 amide bonds. The SMILES string of the molecule is CC(C)(C)C1CCC(N(Cc2ccccc2)Cc2cc(Cl)cc(Cl)c2)CC1. The van der Waals surface area contributed by atoms with Gasteiger partial charge in [-0.3, -0.25) is 4.90 Å². The van der Waals surface area contributed by atoms with Crippen molar-refractivity contribution in [2.24, 2.45) is 11.3 Å². The van der Waals surface area contributed by atoms with E-state index in [9.17, 15) is 0 Å². The molecule has 0 heterocycles. The predicted molar refractivity (Wildman–Crippen MR) is 117 cm³/mol. The van der Waals surface area contributed by atoms with Gasteiger partial charge in [0.25, 0.3) is 0 Å². The summed E-state index contributed by atoms with van der Waals surface area (Å²) in [4.78, 5) is 2.62. The van der Waals surface area contributed by atoms with Crippen LogP contribution in [0.1, 0.15) is 57.6 Å². The third kappa shape index (κ3) is 5.98. The van der Waals surface area contributed by atoms with Crippen LogP contribution in [0.25, 0.3) is 0 Å². The second-order valence-corrected chi connectivity index (χ2v) is 9.91. The van der Waals surface area contributed by atoms with Crippen LogP contribution >= 0.6 is 23.2 Å². The van der Waals surface area contributed by atoms with Crippen LogP contribution in [-0.2, 0) is 13.1 Å². The number of nitrogens with zero attached hydrogens (tertiary/aromatic N) is 1. The van der Waals surface area contributed by atoms with Crippen molar-refractivity contribution < 1.29 is 0 Å². The third-order valence-corrected chi connectivity index (χ3v) is 6.41. The van der Waals surface area contributed by atoms with E-state index in [1.165, 1.54) is 36.8 Å². The molecule has 1 aliphatic carbocycles. The maximum atomic E-state index is 6.25. The lowest BCUT2D eigenvalue weighted by Crippen LogP contribution is -2.39. The Hall–Kier alpha value is -1.02. The number of rotatable bonds is 5. The van der Waals surface area contributed by atoms with Gasteiger partial charge < -0.3 is 0 Å². The zero-order valence-electron chi connectivity index (χ0n) is 16.7. The molecule has 3 heteroatoms. The summed E-state index contributed by atoms with van der Waals surface area (Å²) in [5.41, 5.74) is 2.97. The van der Waals surface area contributed by atoms with Gasteiger partial charge in [0.05, 0.1) is 0 Å². The highest BCUT2D eigenvalue weighted by Crippen LogP contribution is 2.39. The summed E-state index contributed by atoms with van der Waals surface area (Å²) in [6.07, 6.45) is 5.16. The Bertz CT molecular complexity index is 708. The number of halogens is 2. The van der Waals surface area contributed by atoms with Gasteiger partial charge in [0.1, 0.15) is 0 Å². The first-order valence-corrected chi connectivity index (χ1v) is 10.8. The summed E-state index contributed by atoms with van der Waals surface area (Å²) in [5, 5.41) is 1.43. The van der Waals surface area contributed by atoms with Gasteiger partial charge in [-0.05, 0) is 66.3 Å². The second-order valence-electron chi connectivity index (χ2n) is 9.04. The van der Waals surface area contributed by atoms with Crippen molar-refractivity contribution in [1.82, 2.24) is 4.90 Å². The van der Waals surface area contributed by atoms with Crippen LogP contribution in [0.4, 0.5) is 0 Å². The monoisotopic (exact) mass is 403 g/mol. The smallest absolute Gasteiger partial charge is 0.0424 e. The van der Waals surface area contributed by atoms with Gasteiger partial charge >= 0.3 is 0 Å². The van der Waals surface area contributed by atoms with E-state index in [0.717, 1.165) is 19.0 Å². The number of hydrogen-bond acceptors (Lipinski definition) is 1. The lowest BCUT2D eigenvalue weighted by molar-refractivity contribution is 0.0858. The Kier molecular flexibility index (Phi) is 6.89. The number of hydrogen-bond donors (Lipinski definition) is 0. The average molecular weight is 404 g/mol. The molecule has 146 valence electrons. The molecule has 1 nitrogen and oxygen atoms in total. The lowest BCUT2D eigenvalue weighted by Gasteiger charge is -2.41. The average Bonchev–Trinajstić information content (AvgIpc) is 2.61. The minimum absolute atomic E-state index is 0.412. The maximum absolute atomic E-state index is 6.25. The topological polar surface area (TPSA) is 3.24 Å². The highest BCUT2D eigenvalue weighted by molar-refractivity contribution is 6.34. The molecule has 0 radical (unpaired) electrons. The lowest BCUT2D eigenvalue weighted by atomic mass is 9.71. The van der Waals surface area contributed by atoms with Crippen molar-refractivity contribution in [3.05, 3.63) is 69.7 Å². The van der Waals surface area contributed by atoms with Gasteiger partial charge in [-0.15, -0.1) is 0 Å². The summed E-state index contributed by atoms with van der Waals surface area (Å²) in [7, 11) is 0. The van der Waals surface area contributed by atoms with E-state index in [1.807, 2.05) is 18.2 Å².